The highest BCUT2D eigenvalue weighted by atomic mass is 32.2. The van der Waals surface area contributed by atoms with Crippen molar-refractivity contribution in [2.45, 2.75) is 20.8 Å². The van der Waals surface area contributed by atoms with Crippen molar-refractivity contribution in [3.8, 4) is 0 Å². The van der Waals surface area contributed by atoms with Gasteiger partial charge in [0.1, 0.15) is 0 Å². The first kappa shape index (κ1) is 16.6. The van der Waals surface area contributed by atoms with Gasteiger partial charge >= 0.3 is 0 Å². The first-order valence-corrected chi connectivity index (χ1v) is 7.05. The third kappa shape index (κ3) is 5.78. The third-order valence-corrected chi connectivity index (χ3v) is 3.12. The molecule has 0 bridgehead atoms. The minimum atomic E-state index is 0.669. The van der Waals surface area contributed by atoms with Crippen molar-refractivity contribution in [2.24, 2.45) is 5.73 Å². The molecule has 0 aromatic carbocycles. The number of hydrogen-bond acceptors (Lipinski definition) is 2. The first-order valence-electron chi connectivity index (χ1n) is 5.83. The van der Waals surface area contributed by atoms with Gasteiger partial charge in [0.05, 0.1) is 0 Å². The molecule has 0 aliphatic heterocycles. The number of thioether (sulfide) groups is 1. The quantitative estimate of drug-likeness (QED) is 0.699. The maximum Gasteiger partial charge on any atom is 0.0388 e. The van der Waals surface area contributed by atoms with E-state index in [1.54, 1.807) is 11.8 Å². The topological polar surface area (TPSA) is 26.0 Å². The molecule has 0 saturated heterocycles. The van der Waals surface area contributed by atoms with E-state index in [1.165, 1.54) is 0 Å². The summed E-state index contributed by atoms with van der Waals surface area (Å²) in [7, 11) is 0. The molecule has 0 aromatic heterocycles. The molecule has 0 aliphatic rings. The molecule has 2 N–H and O–H groups in total. The Bertz CT molecular complexity index is 434. The second kappa shape index (κ2) is 8.65. The van der Waals surface area contributed by atoms with Gasteiger partial charge in [-0.3, -0.25) is 0 Å². The van der Waals surface area contributed by atoms with Crippen LogP contribution in [0.25, 0.3) is 0 Å². The van der Waals surface area contributed by atoms with Crippen LogP contribution in [-0.4, -0.2) is 6.26 Å². The number of nitrogens with two attached hydrogens (primary N) is 1. The second-order valence-corrected chi connectivity index (χ2v) is 4.79. The SMILES string of the molecule is C=C(/C=C(C)\C=C/C)/C(N)=C/C(=C\C)C(=C)SC. The second-order valence-electron chi connectivity index (χ2n) is 3.88. The van der Waals surface area contributed by atoms with Gasteiger partial charge in [-0.1, -0.05) is 43.0 Å². The Labute approximate surface area is 116 Å². The van der Waals surface area contributed by atoms with E-state index >= 15 is 0 Å². The zero-order valence-electron chi connectivity index (χ0n) is 11.8. The van der Waals surface area contributed by atoms with Crippen LogP contribution >= 0.6 is 11.8 Å². The highest BCUT2D eigenvalue weighted by Gasteiger charge is 2.00. The predicted octanol–water partition coefficient (Wildman–Crippen LogP) is 4.73. The lowest BCUT2D eigenvalue weighted by Crippen LogP contribution is -2.00. The molecule has 0 aromatic rings. The van der Waals surface area contributed by atoms with Gasteiger partial charge < -0.3 is 5.73 Å². The lowest BCUT2D eigenvalue weighted by atomic mass is 10.1. The van der Waals surface area contributed by atoms with Crippen LogP contribution in [0.1, 0.15) is 20.8 Å². The lowest BCUT2D eigenvalue weighted by Gasteiger charge is -2.06. The molecule has 0 saturated carbocycles. The summed E-state index contributed by atoms with van der Waals surface area (Å²) in [6.45, 7) is 14.0. The molecule has 0 heterocycles. The van der Waals surface area contributed by atoms with E-state index in [0.29, 0.717) is 5.70 Å². The summed E-state index contributed by atoms with van der Waals surface area (Å²) >= 11 is 1.61. The van der Waals surface area contributed by atoms with Gasteiger partial charge in [-0.25, -0.2) is 0 Å². The zero-order chi connectivity index (χ0) is 14.1. The summed E-state index contributed by atoms with van der Waals surface area (Å²) in [5.74, 6) is 0. The molecule has 2 heteroatoms. The van der Waals surface area contributed by atoms with Gasteiger partial charge in [0.25, 0.3) is 0 Å². The van der Waals surface area contributed by atoms with E-state index in [9.17, 15) is 0 Å². The van der Waals surface area contributed by atoms with Gasteiger partial charge in [-0.05, 0) is 44.2 Å². The lowest BCUT2D eigenvalue weighted by molar-refractivity contribution is 1.33. The van der Waals surface area contributed by atoms with Gasteiger partial charge in [-0.2, -0.15) is 0 Å². The Kier molecular flexibility index (Phi) is 7.97. The van der Waals surface area contributed by atoms with E-state index in [4.69, 9.17) is 5.73 Å². The molecule has 0 unspecified atom stereocenters. The summed E-state index contributed by atoms with van der Waals surface area (Å²) in [6, 6.07) is 0. The van der Waals surface area contributed by atoms with Crippen molar-refractivity contribution in [3.63, 3.8) is 0 Å². The maximum absolute atomic E-state index is 6.03. The van der Waals surface area contributed by atoms with Gasteiger partial charge in [0.2, 0.25) is 0 Å². The third-order valence-electron chi connectivity index (χ3n) is 2.39. The van der Waals surface area contributed by atoms with Crippen LogP contribution < -0.4 is 5.73 Å². The van der Waals surface area contributed by atoms with Crippen LogP contribution in [0.3, 0.4) is 0 Å². The summed E-state index contributed by atoms with van der Waals surface area (Å²) in [6.07, 6.45) is 11.9. The van der Waals surface area contributed by atoms with Crippen molar-refractivity contribution >= 4 is 11.8 Å². The number of rotatable bonds is 6. The zero-order valence-corrected chi connectivity index (χ0v) is 12.6. The smallest absolute Gasteiger partial charge is 0.0388 e. The van der Waals surface area contributed by atoms with Gasteiger partial charge in [-0.15, -0.1) is 11.8 Å². The van der Waals surface area contributed by atoms with E-state index < -0.39 is 0 Å². The molecule has 0 aliphatic carbocycles. The molecule has 0 fully saturated rings. The minimum Gasteiger partial charge on any atom is -0.398 e. The Morgan fingerprint density at radius 3 is 2.22 bits per heavy atom. The summed E-state index contributed by atoms with van der Waals surface area (Å²) < 4.78 is 0. The molecule has 0 spiro atoms. The molecule has 0 rings (SSSR count). The van der Waals surface area contributed by atoms with E-state index in [-0.39, 0.29) is 0 Å². The fraction of sp³-hybridized carbons (Fsp3) is 0.250. The molecule has 0 radical (unpaired) electrons. The average molecular weight is 261 g/mol. The molecule has 0 atom stereocenters. The highest BCUT2D eigenvalue weighted by Crippen LogP contribution is 2.22. The minimum absolute atomic E-state index is 0.669. The molecular formula is C16H23NS. The van der Waals surface area contributed by atoms with Crippen LogP contribution in [0, 0.1) is 0 Å². The van der Waals surface area contributed by atoms with Crippen LogP contribution in [0.5, 0.6) is 0 Å². The Hall–Kier alpha value is -1.41. The molecule has 98 valence electrons. The number of hydrogen-bond donors (Lipinski definition) is 1. The first-order chi connectivity index (χ1) is 8.46. The largest absolute Gasteiger partial charge is 0.398 e. The summed E-state index contributed by atoms with van der Waals surface area (Å²) in [5, 5.41) is 0. The predicted molar refractivity (Wildman–Crippen MR) is 86.4 cm³/mol. The molecule has 1 nitrogen and oxygen atoms in total. The van der Waals surface area contributed by atoms with Gasteiger partial charge in [0.15, 0.2) is 0 Å². The maximum atomic E-state index is 6.03. The summed E-state index contributed by atoms with van der Waals surface area (Å²) in [4.78, 5) is 1.00. The summed E-state index contributed by atoms with van der Waals surface area (Å²) in [5.41, 5.74) is 9.69. The Morgan fingerprint density at radius 2 is 1.78 bits per heavy atom. The van der Waals surface area contributed by atoms with Crippen LogP contribution in [-0.2, 0) is 0 Å². The van der Waals surface area contributed by atoms with Crippen molar-refractivity contribution in [1.82, 2.24) is 0 Å². The van der Waals surface area contributed by atoms with Crippen molar-refractivity contribution in [2.75, 3.05) is 6.26 Å². The Balaban J connectivity index is 5.05. The van der Waals surface area contributed by atoms with E-state index in [2.05, 4.69) is 13.2 Å². The fourth-order valence-corrected chi connectivity index (χ4v) is 1.78. The standard InChI is InChI=1S/C16H23NS/c1-7-9-12(3)10-13(4)16(17)11-15(8-2)14(5)18-6/h7-11H,4-5,17H2,1-3,6H3/b9-7-,12-10-,15-8+,16-11-. The normalized spacial score (nSPS) is 14.1. The van der Waals surface area contributed by atoms with Crippen molar-refractivity contribution < 1.29 is 0 Å². The van der Waals surface area contributed by atoms with Crippen LogP contribution in [0.15, 0.2) is 70.9 Å². The number of allylic oxidation sites excluding steroid dienone is 7. The molecule has 0 amide bonds. The molecular weight excluding hydrogens is 238 g/mol. The van der Waals surface area contributed by atoms with Crippen LogP contribution in [0.2, 0.25) is 0 Å². The average Bonchev–Trinajstić information content (AvgIpc) is 2.34. The Morgan fingerprint density at radius 1 is 1.17 bits per heavy atom. The van der Waals surface area contributed by atoms with Gasteiger partial charge in [0, 0.05) is 10.6 Å². The monoisotopic (exact) mass is 261 g/mol. The van der Waals surface area contributed by atoms with E-state index in [0.717, 1.165) is 21.6 Å². The molecule has 18 heavy (non-hydrogen) atoms. The van der Waals surface area contributed by atoms with E-state index in [1.807, 2.05) is 57.4 Å². The van der Waals surface area contributed by atoms with Crippen LogP contribution in [0.4, 0.5) is 0 Å². The van der Waals surface area contributed by atoms with Crippen molar-refractivity contribution in [3.05, 3.63) is 70.9 Å². The highest BCUT2D eigenvalue weighted by molar-refractivity contribution is 8.02. The van der Waals surface area contributed by atoms with Crippen molar-refractivity contribution in [1.29, 1.82) is 0 Å². The fourth-order valence-electron chi connectivity index (χ4n) is 1.37.